The first-order valence-corrected chi connectivity index (χ1v) is 12.4. The third-order valence-corrected chi connectivity index (χ3v) is 5.74. The van der Waals surface area contributed by atoms with E-state index < -0.39 is 17.8 Å². The monoisotopic (exact) mass is 523 g/mol. The van der Waals surface area contributed by atoms with Crippen LogP contribution in [-0.4, -0.2) is 18.4 Å². The number of fused-ring (bicyclic) bond motifs is 1. The van der Waals surface area contributed by atoms with Crippen LogP contribution in [0.1, 0.15) is 54.7 Å². The van der Waals surface area contributed by atoms with Gasteiger partial charge in [-0.15, -0.1) is 0 Å². The van der Waals surface area contributed by atoms with Crippen molar-refractivity contribution in [3.8, 4) is 16.9 Å². The number of carbonyl (C=O) groups excluding carboxylic acids is 2. The van der Waals surface area contributed by atoms with Gasteiger partial charge in [-0.2, -0.15) is 4.39 Å². The highest BCUT2D eigenvalue weighted by Crippen LogP contribution is 2.35. The lowest BCUT2D eigenvalue weighted by atomic mass is 9.98. The Hall–Kier alpha value is -4.04. The van der Waals surface area contributed by atoms with Gasteiger partial charge in [-0.1, -0.05) is 44.2 Å². The van der Waals surface area contributed by atoms with Gasteiger partial charge in [0.1, 0.15) is 23.8 Å². The minimum Gasteiger partial charge on any atom is -0.489 e. The third kappa shape index (κ3) is 6.44. The first-order valence-electron chi connectivity index (χ1n) is 12.4. The summed E-state index contributed by atoms with van der Waals surface area (Å²) in [5.74, 6) is -0.754. The lowest BCUT2D eigenvalue weighted by Gasteiger charge is -2.14. The molecule has 6 nitrogen and oxygen atoms in total. The zero-order valence-electron chi connectivity index (χ0n) is 21.9. The Morgan fingerprint density at radius 2 is 1.74 bits per heavy atom. The average Bonchev–Trinajstić information content (AvgIpc) is 3.29. The summed E-state index contributed by atoms with van der Waals surface area (Å²) in [6.45, 7) is 7.40. The molecular formula is C30H31F2NO5. The average molecular weight is 524 g/mol. The number of benzene rings is 3. The fourth-order valence-corrected chi connectivity index (χ4v) is 4.00. The molecule has 1 heterocycles. The molecule has 0 bridgehead atoms. The van der Waals surface area contributed by atoms with Crippen LogP contribution in [0.25, 0.3) is 22.1 Å². The summed E-state index contributed by atoms with van der Waals surface area (Å²) in [5, 5.41) is 0.436. The molecule has 4 rings (SSSR count). The van der Waals surface area contributed by atoms with Crippen molar-refractivity contribution >= 4 is 22.7 Å². The Morgan fingerprint density at radius 3 is 2.42 bits per heavy atom. The number of nitrogens with two attached hydrogens (primary N) is 1. The molecule has 3 aromatic carbocycles. The lowest BCUT2D eigenvalue weighted by Crippen LogP contribution is -2.10. The quantitative estimate of drug-likeness (QED) is 0.193. The van der Waals surface area contributed by atoms with Gasteiger partial charge in [-0.25, -0.2) is 4.39 Å². The van der Waals surface area contributed by atoms with Crippen LogP contribution in [0.3, 0.4) is 0 Å². The van der Waals surface area contributed by atoms with Gasteiger partial charge in [0.05, 0.1) is 13.0 Å². The van der Waals surface area contributed by atoms with Crippen molar-refractivity contribution in [1.29, 1.82) is 0 Å². The molecule has 200 valence electrons. The van der Waals surface area contributed by atoms with Crippen LogP contribution in [0, 0.1) is 11.8 Å². The molecule has 0 saturated heterocycles. The molecule has 0 amide bonds. The maximum atomic E-state index is 15.1. The van der Waals surface area contributed by atoms with Crippen LogP contribution in [0.5, 0.6) is 5.75 Å². The van der Waals surface area contributed by atoms with Crippen molar-refractivity contribution in [3.05, 3.63) is 88.7 Å². The van der Waals surface area contributed by atoms with E-state index in [2.05, 4.69) is 0 Å². The minimum atomic E-state index is -0.800. The number of Topliss-reactive ketones (excluding diaryl/α,β-unsaturated/α-hetero) is 1. The molecule has 0 spiro atoms. The van der Waals surface area contributed by atoms with E-state index in [-0.39, 0.29) is 43.1 Å². The highest BCUT2D eigenvalue weighted by atomic mass is 19.1. The molecule has 8 heteroatoms. The molecule has 38 heavy (non-hydrogen) atoms. The predicted octanol–water partition coefficient (Wildman–Crippen LogP) is 6.75. The van der Waals surface area contributed by atoms with Gasteiger partial charge in [-0.05, 0) is 37.6 Å². The van der Waals surface area contributed by atoms with E-state index in [9.17, 15) is 14.0 Å². The fourth-order valence-electron chi connectivity index (χ4n) is 4.00. The van der Waals surface area contributed by atoms with Crippen LogP contribution in [0.4, 0.5) is 8.78 Å². The molecule has 0 aliphatic rings. The zero-order valence-corrected chi connectivity index (χ0v) is 21.9. The van der Waals surface area contributed by atoms with E-state index in [1.54, 1.807) is 55.5 Å². The SMILES string of the molecule is CC.CCOC(=O)Cc1ccc(C(C)=O)cc1OCc1cc(-c2cccc(CN)c2F)c2oc(F)cc2c1. The summed E-state index contributed by atoms with van der Waals surface area (Å²) in [6.07, 6.45) is -0.0321. The van der Waals surface area contributed by atoms with Crippen molar-refractivity contribution in [3.63, 3.8) is 0 Å². The van der Waals surface area contributed by atoms with Gasteiger partial charge >= 0.3 is 5.97 Å². The summed E-state index contributed by atoms with van der Waals surface area (Å²) in [7, 11) is 0. The largest absolute Gasteiger partial charge is 0.489 e. The molecule has 0 atom stereocenters. The van der Waals surface area contributed by atoms with E-state index in [1.165, 1.54) is 13.0 Å². The predicted molar refractivity (Wildman–Crippen MR) is 142 cm³/mol. The second kappa shape index (κ2) is 13.0. The van der Waals surface area contributed by atoms with Crippen molar-refractivity contribution in [1.82, 2.24) is 0 Å². The van der Waals surface area contributed by atoms with E-state index in [4.69, 9.17) is 19.6 Å². The number of furan rings is 1. The number of hydrogen-bond acceptors (Lipinski definition) is 6. The lowest BCUT2D eigenvalue weighted by molar-refractivity contribution is -0.142. The smallest absolute Gasteiger partial charge is 0.310 e. The second-order valence-corrected chi connectivity index (χ2v) is 8.24. The molecule has 0 radical (unpaired) electrons. The van der Waals surface area contributed by atoms with Crippen molar-refractivity contribution in [2.45, 2.75) is 47.3 Å². The summed E-state index contributed by atoms with van der Waals surface area (Å²) in [4.78, 5) is 24.0. The molecule has 0 saturated carbocycles. The van der Waals surface area contributed by atoms with E-state index in [1.807, 2.05) is 13.8 Å². The Labute approximate surface area is 220 Å². The second-order valence-electron chi connectivity index (χ2n) is 8.24. The van der Waals surface area contributed by atoms with Gasteiger partial charge in [0.25, 0.3) is 6.01 Å². The van der Waals surface area contributed by atoms with E-state index in [0.29, 0.717) is 39.0 Å². The molecule has 0 unspecified atom stereocenters. The van der Waals surface area contributed by atoms with Crippen molar-refractivity contribution in [2.75, 3.05) is 6.61 Å². The normalized spacial score (nSPS) is 10.6. The number of esters is 1. The molecule has 0 aliphatic heterocycles. The Kier molecular flexibility index (Phi) is 9.73. The van der Waals surface area contributed by atoms with Gasteiger partial charge < -0.3 is 19.6 Å². The Bertz CT molecular complexity index is 1440. The number of carbonyl (C=O) groups is 2. The van der Waals surface area contributed by atoms with E-state index in [0.717, 1.165) is 0 Å². The zero-order chi connectivity index (χ0) is 27.8. The summed E-state index contributed by atoms with van der Waals surface area (Å²) >= 11 is 0. The topological polar surface area (TPSA) is 91.8 Å². The summed E-state index contributed by atoms with van der Waals surface area (Å²) in [6, 6.07) is 13.4. The standard InChI is InChI=1S/C28H25F2NO5.C2H6/c1-3-34-26(33)13-19-8-7-18(16(2)32)11-24(19)35-15-17-9-21-12-25(29)36-28(21)23(10-17)22-6-4-5-20(14-31)27(22)30;1-2/h4-12H,3,13-15,31H2,1-2H3;1-2H3. The molecule has 4 aromatic rings. The highest BCUT2D eigenvalue weighted by Gasteiger charge is 2.18. The molecule has 1 aromatic heterocycles. The van der Waals surface area contributed by atoms with Gasteiger partial charge in [-0.3, -0.25) is 9.59 Å². The van der Waals surface area contributed by atoms with Crippen LogP contribution in [0.15, 0.2) is 59.0 Å². The molecule has 2 N–H and O–H groups in total. The van der Waals surface area contributed by atoms with Gasteiger partial charge in [0, 0.05) is 45.8 Å². The van der Waals surface area contributed by atoms with Crippen LogP contribution < -0.4 is 10.5 Å². The first-order chi connectivity index (χ1) is 18.3. The molecule has 0 aliphatic carbocycles. The third-order valence-electron chi connectivity index (χ3n) is 5.74. The highest BCUT2D eigenvalue weighted by molar-refractivity contribution is 5.95. The number of ketones is 1. The fraction of sp³-hybridized carbons (Fsp3) is 0.267. The Balaban J connectivity index is 0.00000195. The maximum Gasteiger partial charge on any atom is 0.310 e. The molecular weight excluding hydrogens is 492 g/mol. The number of hydrogen-bond donors (Lipinski definition) is 1. The van der Waals surface area contributed by atoms with Crippen LogP contribution >= 0.6 is 0 Å². The first kappa shape index (κ1) is 28.5. The number of ether oxygens (including phenoxy) is 2. The number of halogens is 2. The van der Waals surface area contributed by atoms with Crippen LogP contribution in [-0.2, 0) is 29.1 Å². The van der Waals surface area contributed by atoms with E-state index >= 15 is 4.39 Å². The molecule has 0 fully saturated rings. The van der Waals surface area contributed by atoms with Crippen LogP contribution in [0.2, 0.25) is 0 Å². The minimum absolute atomic E-state index is 0.00508. The summed E-state index contributed by atoms with van der Waals surface area (Å²) < 4.78 is 45.4. The summed E-state index contributed by atoms with van der Waals surface area (Å²) in [5.41, 5.74) is 8.33. The van der Waals surface area contributed by atoms with Crippen molar-refractivity contribution in [2.24, 2.45) is 5.73 Å². The maximum absolute atomic E-state index is 15.1. The van der Waals surface area contributed by atoms with Crippen molar-refractivity contribution < 1.29 is 32.3 Å². The number of rotatable bonds is 9. The van der Waals surface area contributed by atoms with Gasteiger partial charge in [0.2, 0.25) is 0 Å². The Morgan fingerprint density at radius 1 is 0.974 bits per heavy atom. The van der Waals surface area contributed by atoms with Gasteiger partial charge in [0.15, 0.2) is 5.78 Å².